The van der Waals surface area contributed by atoms with E-state index in [0.717, 1.165) is 18.3 Å². The molecule has 0 bridgehead atoms. The first kappa shape index (κ1) is 12.4. The molecule has 2 nitrogen and oxygen atoms in total. The van der Waals surface area contributed by atoms with Crippen LogP contribution in [0.25, 0.3) is 10.8 Å². The Bertz CT molecular complexity index is 649. The van der Waals surface area contributed by atoms with Crippen molar-refractivity contribution in [1.82, 2.24) is 0 Å². The molecule has 0 amide bonds. The van der Waals surface area contributed by atoms with Crippen molar-refractivity contribution >= 4 is 17.1 Å². The first-order chi connectivity index (χ1) is 8.95. The van der Waals surface area contributed by atoms with Gasteiger partial charge in [-0.05, 0) is 48.6 Å². The number of rotatable bonds is 3. The molecule has 0 aromatic heterocycles. The molecule has 2 N–H and O–H groups in total. The van der Waals surface area contributed by atoms with Gasteiger partial charge in [0.15, 0.2) is 0 Å². The van der Waals surface area contributed by atoms with Gasteiger partial charge in [-0.3, -0.25) is 0 Å². The fraction of sp³-hybridized carbons (Fsp3) is 0.353. The monoisotopic (exact) mass is 253 g/mol. The Morgan fingerprint density at radius 3 is 2.58 bits per heavy atom. The number of benzene rings is 2. The van der Waals surface area contributed by atoms with Crippen LogP contribution in [-0.2, 0) is 16.6 Å². The van der Waals surface area contributed by atoms with Gasteiger partial charge >= 0.3 is 0 Å². The summed E-state index contributed by atoms with van der Waals surface area (Å²) in [5.74, 6) is 0. The zero-order valence-corrected chi connectivity index (χ0v) is 11.4. The van der Waals surface area contributed by atoms with Gasteiger partial charge in [0, 0.05) is 5.54 Å². The van der Waals surface area contributed by atoms with Crippen molar-refractivity contribution in [2.45, 2.75) is 37.6 Å². The summed E-state index contributed by atoms with van der Waals surface area (Å²) in [6.45, 7) is 3.97. The standard InChI is InChI=1S/C17H19NO/c1-16(2,18)10-17(11-19)9-13-7-3-5-12-6-4-8-14(17)15(12)13/h3-8,11H,9-10,18H2,1-2H3. The van der Waals surface area contributed by atoms with Gasteiger partial charge in [0.25, 0.3) is 0 Å². The molecule has 2 heteroatoms. The molecule has 1 unspecified atom stereocenters. The molecule has 0 spiro atoms. The van der Waals surface area contributed by atoms with Crippen molar-refractivity contribution in [3.63, 3.8) is 0 Å². The minimum absolute atomic E-state index is 0.356. The zero-order valence-electron chi connectivity index (χ0n) is 11.4. The van der Waals surface area contributed by atoms with E-state index in [1.54, 1.807) is 0 Å². The van der Waals surface area contributed by atoms with Crippen LogP contribution in [0.1, 0.15) is 31.4 Å². The minimum atomic E-state index is -0.457. The second-order valence-corrected chi connectivity index (χ2v) is 6.44. The number of hydrogen-bond acceptors (Lipinski definition) is 2. The fourth-order valence-electron chi connectivity index (χ4n) is 3.53. The highest BCUT2D eigenvalue weighted by Crippen LogP contribution is 2.45. The second-order valence-electron chi connectivity index (χ2n) is 6.44. The van der Waals surface area contributed by atoms with Crippen molar-refractivity contribution in [1.29, 1.82) is 0 Å². The lowest BCUT2D eigenvalue weighted by molar-refractivity contribution is -0.113. The number of carbonyl (C=O) groups excluding carboxylic acids is 1. The first-order valence-electron chi connectivity index (χ1n) is 6.72. The van der Waals surface area contributed by atoms with E-state index in [1.807, 2.05) is 19.9 Å². The average Bonchev–Trinajstić information content (AvgIpc) is 2.65. The van der Waals surface area contributed by atoms with Crippen molar-refractivity contribution in [2.24, 2.45) is 5.73 Å². The average molecular weight is 253 g/mol. The lowest BCUT2D eigenvalue weighted by Gasteiger charge is -2.31. The summed E-state index contributed by atoms with van der Waals surface area (Å²) in [4.78, 5) is 11.9. The van der Waals surface area contributed by atoms with Crippen LogP contribution in [0.2, 0.25) is 0 Å². The zero-order chi connectivity index (χ0) is 13.7. The molecule has 0 aliphatic heterocycles. The molecule has 0 radical (unpaired) electrons. The van der Waals surface area contributed by atoms with E-state index in [9.17, 15) is 4.79 Å². The molecule has 1 aliphatic rings. The number of nitrogens with two attached hydrogens (primary N) is 1. The van der Waals surface area contributed by atoms with E-state index >= 15 is 0 Å². The number of aldehydes is 1. The van der Waals surface area contributed by atoms with Gasteiger partial charge in [-0.1, -0.05) is 36.4 Å². The second kappa shape index (κ2) is 3.91. The van der Waals surface area contributed by atoms with Gasteiger partial charge < -0.3 is 10.5 Å². The van der Waals surface area contributed by atoms with Crippen LogP contribution in [0, 0.1) is 0 Å². The Balaban J connectivity index is 2.24. The first-order valence-corrected chi connectivity index (χ1v) is 6.72. The molecule has 0 heterocycles. The summed E-state index contributed by atoms with van der Waals surface area (Å²) >= 11 is 0. The lowest BCUT2D eigenvalue weighted by Crippen LogP contribution is -2.42. The maximum Gasteiger partial charge on any atom is 0.130 e. The van der Waals surface area contributed by atoms with E-state index in [1.165, 1.54) is 16.3 Å². The molecule has 1 atom stereocenters. The Kier molecular flexibility index (Phi) is 2.55. The van der Waals surface area contributed by atoms with E-state index < -0.39 is 5.41 Å². The molecule has 19 heavy (non-hydrogen) atoms. The lowest BCUT2D eigenvalue weighted by atomic mass is 9.73. The molecule has 0 saturated heterocycles. The summed E-state index contributed by atoms with van der Waals surface area (Å²) in [6.07, 6.45) is 2.56. The maximum atomic E-state index is 11.9. The largest absolute Gasteiger partial charge is 0.326 e. The van der Waals surface area contributed by atoms with Crippen molar-refractivity contribution in [3.05, 3.63) is 47.5 Å². The van der Waals surface area contributed by atoms with E-state index in [-0.39, 0.29) is 5.54 Å². The third kappa shape index (κ3) is 1.87. The summed E-state index contributed by atoms with van der Waals surface area (Å²) in [5, 5.41) is 2.47. The molecular weight excluding hydrogens is 234 g/mol. The molecular formula is C17H19NO. The quantitative estimate of drug-likeness (QED) is 0.855. The van der Waals surface area contributed by atoms with Crippen molar-refractivity contribution < 1.29 is 4.79 Å². The Morgan fingerprint density at radius 2 is 1.95 bits per heavy atom. The molecule has 1 aliphatic carbocycles. The SMILES string of the molecule is CC(C)(N)CC1(C=O)Cc2cccc3cccc1c23. The highest BCUT2D eigenvalue weighted by Gasteiger charge is 2.42. The van der Waals surface area contributed by atoms with E-state index in [2.05, 4.69) is 30.3 Å². The van der Waals surface area contributed by atoms with Crippen LogP contribution in [0.5, 0.6) is 0 Å². The Hall–Kier alpha value is -1.67. The van der Waals surface area contributed by atoms with Crippen LogP contribution < -0.4 is 5.73 Å². The van der Waals surface area contributed by atoms with Crippen LogP contribution >= 0.6 is 0 Å². The van der Waals surface area contributed by atoms with Gasteiger partial charge in [0.2, 0.25) is 0 Å². The van der Waals surface area contributed by atoms with Crippen LogP contribution in [0.3, 0.4) is 0 Å². The van der Waals surface area contributed by atoms with Crippen LogP contribution in [0.4, 0.5) is 0 Å². The van der Waals surface area contributed by atoms with E-state index in [4.69, 9.17) is 5.73 Å². The third-order valence-electron chi connectivity index (χ3n) is 4.03. The summed E-state index contributed by atoms with van der Waals surface area (Å²) < 4.78 is 0. The van der Waals surface area contributed by atoms with Gasteiger partial charge in [0.1, 0.15) is 6.29 Å². The predicted molar refractivity (Wildman–Crippen MR) is 78.3 cm³/mol. The highest BCUT2D eigenvalue weighted by molar-refractivity contribution is 5.96. The van der Waals surface area contributed by atoms with E-state index in [0.29, 0.717) is 6.42 Å². The normalized spacial score (nSPS) is 21.8. The van der Waals surface area contributed by atoms with Gasteiger partial charge in [0.05, 0.1) is 5.41 Å². The van der Waals surface area contributed by atoms with Crippen molar-refractivity contribution in [2.75, 3.05) is 0 Å². The Morgan fingerprint density at radius 1 is 1.26 bits per heavy atom. The highest BCUT2D eigenvalue weighted by atomic mass is 16.1. The molecule has 0 saturated carbocycles. The topological polar surface area (TPSA) is 43.1 Å². The number of carbonyl (C=O) groups is 1. The summed E-state index contributed by atoms with van der Waals surface area (Å²) in [7, 11) is 0. The Labute approximate surface area is 113 Å². The maximum absolute atomic E-state index is 11.9. The van der Waals surface area contributed by atoms with Crippen molar-refractivity contribution in [3.8, 4) is 0 Å². The summed E-state index contributed by atoms with van der Waals surface area (Å²) in [5.41, 5.74) is 7.78. The molecule has 2 aromatic carbocycles. The molecule has 98 valence electrons. The van der Waals surface area contributed by atoms with Crippen LogP contribution in [-0.4, -0.2) is 11.8 Å². The molecule has 3 rings (SSSR count). The molecule has 0 fully saturated rings. The third-order valence-corrected chi connectivity index (χ3v) is 4.03. The number of hydrogen-bond donors (Lipinski definition) is 1. The minimum Gasteiger partial charge on any atom is -0.326 e. The summed E-state index contributed by atoms with van der Waals surface area (Å²) in [6, 6.07) is 12.5. The van der Waals surface area contributed by atoms with Gasteiger partial charge in [-0.25, -0.2) is 0 Å². The van der Waals surface area contributed by atoms with Gasteiger partial charge in [-0.15, -0.1) is 0 Å². The molecule has 2 aromatic rings. The fourth-order valence-corrected chi connectivity index (χ4v) is 3.53. The van der Waals surface area contributed by atoms with Crippen LogP contribution in [0.15, 0.2) is 36.4 Å². The smallest absolute Gasteiger partial charge is 0.130 e. The predicted octanol–water partition coefficient (Wildman–Crippen LogP) is 2.96. The van der Waals surface area contributed by atoms with Gasteiger partial charge in [-0.2, -0.15) is 0 Å².